The number of nitrogens with zero attached hydrogens (tertiary/aromatic N) is 1. The molecule has 154 valence electrons. The maximum absolute atomic E-state index is 12.4. The summed E-state index contributed by atoms with van der Waals surface area (Å²) in [5.74, 6) is 0.312. The number of hydrogen-bond acceptors (Lipinski definition) is 3. The molecule has 0 aliphatic heterocycles. The second-order valence-electron chi connectivity index (χ2n) is 8.27. The molecule has 0 aromatic heterocycles. The third-order valence-corrected chi connectivity index (χ3v) is 5.98. The summed E-state index contributed by atoms with van der Waals surface area (Å²) < 4.78 is 0. The molecule has 0 saturated heterocycles. The number of amides is 2. The molecule has 5 heteroatoms. The predicted molar refractivity (Wildman–Crippen MR) is 118 cm³/mol. The minimum Gasteiger partial charge on any atom is -0.326 e. The molecule has 3 rings (SSSR count). The third-order valence-electron chi connectivity index (χ3n) is 5.98. The lowest BCUT2D eigenvalue weighted by Gasteiger charge is -2.22. The number of benzene rings is 1. The van der Waals surface area contributed by atoms with E-state index in [2.05, 4.69) is 28.5 Å². The molecule has 1 unspecified atom stereocenters. The number of anilines is 1. The van der Waals surface area contributed by atoms with Gasteiger partial charge in [0.1, 0.15) is 0 Å². The molecule has 1 fully saturated rings. The maximum Gasteiger partial charge on any atom is 0.271 e. The molecule has 0 spiro atoms. The SMILES string of the molecule is C=C(C)C1CC=C(C)C(=NNC(=O)c2ccc(NC(=O)C3CCCCC3)cc2)C1. The lowest BCUT2D eigenvalue weighted by Crippen LogP contribution is -2.25. The van der Waals surface area contributed by atoms with E-state index in [0.29, 0.717) is 11.5 Å². The Hall–Kier alpha value is -2.69. The number of carbonyl (C=O) groups is 2. The fourth-order valence-corrected chi connectivity index (χ4v) is 3.92. The van der Waals surface area contributed by atoms with Gasteiger partial charge in [-0.1, -0.05) is 37.5 Å². The van der Waals surface area contributed by atoms with E-state index in [4.69, 9.17) is 0 Å². The van der Waals surface area contributed by atoms with Gasteiger partial charge in [0, 0.05) is 17.2 Å². The molecule has 5 nitrogen and oxygen atoms in total. The summed E-state index contributed by atoms with van der Waals surface area (Å²) in [7, 11) is 0. The van der Waals surface area contributed by atoms with E-state index >= 15 is 0 Å². The van der Waals surface area contributed by atoms with Crippen molar-refractivity contribution < 1.29 is 9.59 Å². The van der Waals surface area contributed by atoms with Crippen LogP contribution in [0.25, 0.3) is 0 Å². The van der Waals surface area contributed by atoms with E-state index in [-0.39, 0.29) is 17.7 Å². The highest BCUT2D eigenvalue weighted by Crippen LogP contribution is 2.27. The van der Waals surface area contributed by atoms with Crippen LogP contribution in [0, 0.1) is 11.8 Å². The van der Waals surface area contributed by atoms with Crippen LogP contribution in [0.2, 0.25) is 0 Å². The molecule has 0 heterocycles. The Morgan fingerprint density at radius 2 is 1.76 bits per heavy atom. The number of allylic oxidation sites excluding steroid dienone is 3. The summed E-state index contributed by atoms with van der Waals surface area (Å²) in [4.78, 5) is 24.8. The zero-order chi connectivity index (χ0) is 20.8. The largest absolute Gasteiger partial charge is 0.326 e. The van der Waals surface area contributed by atoms with E-state index in [1.807, 2.05) is 13.8 Å². The number of rotatable bonds is 5. The first-order chi connectivity index (χ1) is 13.9. The Labute approximate surface area is 173 Å². The van der Waals surface area contributed by atoms with Gasteiger partial charge in [-0.05, 0) is 75.3 Å². The summed E-state index contributed by atoms with van der Waals surface area (Å²) in [6, 6.07) is 6.97. The number of nitrogens with one attached hydrogen (secondary N) is 2. The monoisotopic (exact) mass is 393 g/mol. The van der Waals surface area contributed by atoms with Crippen molar-refractivity contribution in [2.24, 2.45) is 16.9 Å². The molecular formula is C24H31N3O2. The average molecular weight is 394 g/mol. The van der Waals surface area contributed by atoms with Crippen LogP contribution >= 0.6 is 0 Å². The van der Waals surface area contributed by atoms with Crippen LogP contribution in [0.4, 0.5) is 5.69 Å². The third kappa shape index (κ3) is 5.66. The van der Waals surface area contributed by atoms with Crippen LogP contribution in [0.5, 0.6) is 0 Å². The second kappa shape index (κ2) is 9.68. The quantitative estimate of drug-likeness (QED) is 0.531. The lowest BCUT2D eigenvalue weighted by atomic mass is 9.85. The van der Waals surface area contributed by atoms with Crippen LogP contribution in [-0.2, 0) is 4.79 Å². The molecule has 1 atom stereocenters. The van der Waals surface area contributed by atoms with E-state index in [0.717, 1.165) is 61.1 Å². The van der Waals surface area contributed by atoms with Gasteiger partial charge in [0.15, 0.2) is 0 Å². The molecule has 1 saturated carbocycles. The number of hydrazone groups is 1. The zero-order valence-corrected chi connectivity index (χ0v) is 17.5. The van der Waals surface area contributed by atoms with Crippen molar-refractivity contribution in [3.05, 3.63) is 53.6 Å². The molecule has 29 heavy (non-hydrogen) atoms. The Morgan fingerprint density at radius 3 is 2.41 bits per heavy atom. The minimum absolute atomic E-state index is 0.0833. The highest BCUT2D eigenvalue weighted by molar-refractivity contribution is 6.02. The summed E-state index contributed by atoms with van der Waals surface area (Å²) in [6.07, 6.45) is 9.33. The average Bonchev–Trinajstić information content (AvgIpc) is 2.74. The van der Waals surface area contributed by atoms with Gasteiger partial charge in [-0.3, -0.25) is 9.59 Å². The Bertz CT molecular complexity index is 830. The zero-order valence-electron chi connectivity index (χ0n) is 17.5. The van der Waals surface area contributed by atoms with E-state index in [1.165, 1.54) is 6.42 Å². The molecular weight excluding hydrogens is 362 g/mol. The van der Waals surface area contributed by atoms with Gasteiger partial charge < -0.3 is 5.32 Å². The fraction of sp³-hybridized carbons (Fsp3) is 0.458. The van der Waals surface area contributed by atoms with Gasteiger partial charge in [-0.2, -0.15) is 5.10 Å². The van der Waals surface area contributed by atoms with Gasteiger partial charge >= 0.3 is 0 Å². The molecule has 1 aromatic rings. The maximum atomic E-state index is 12.4. The fourth-order valence-electron chi connectivity index (χ4n) is 3.92. The van der Waals surface area contributed by atoms with Crippen LogP contribution in [0.1, 0.15) is 69.2 Å². The Kier molecular flexibility index (Phi) is 7.02. The van der Waals surface area contributed by atoms with Gasteiger partial charge in [0.25, 0.3) is 5.91 Å². The van der Waals surface area contributed by atoms with Crippen LogP contribution < -0.4 is 10.7 Å². The minimum atomic E-state index is -0.257. The van der Waals surface area contributed by atoms with Crippen molar-refractivity contribution >= 4 is 23.2 Å². The van der Waals surface area contributed by atoms with Crippen LogP contribution in [0.3, 0.4) is 0 Å². The summed E-state index contributed by atoms with van der Waals surface area (Å²) in [5.41, 5.74) is 7.03. The van der Waals surface area contributed by atoms with Gasteiger partial charge in [0.2, 0.25) is 5.91 Å². The summed E-state index contributed by atoms with van der Waals surface area (Å²) in [6.45, 7) is 8.09. The van der Waals surface area contributed by atoms with Crippen molar-refractivity contribution in [2.75, 3.05) is 5.32 Å². The summed E-state index contributed by atoms with van der Waals surface area (Å²) >= 11 is 0. The van der Waals surface area contributed by atoms with Crippen LogP contribution in [0.15, 0.2) is 53.2 Å². The first kappa shape index (κ1) is 21.0. The molecule has 0 radical (unpaired) electrons. The first-order valence-corrected chi connectivity index (χ1v) is 10.5. The number of carbonyl (C=O) groups excluding carboxylic acids is 2. The number of hydrogen-bond donors (Lipinski definition) is 2. The highest BCUT2D eigenvalue weighted by atomic mass is 16.2. The molecule has 2 aliphatic carbocycles. The second-order valence-corrected chi connectivity index (χ2v) is 8.27. The smallest absolute Gasteiger partial charge is 0.271 e. The lowest BCUT2D eigenvalue weighted by molar-refractivity contribution is -0.120. The molecule has 2 N–H and O–H groups in total. The van der Waals surface area contributed by atoms with Crippen molar-refractivity contribution in [1.29, 1.82) is 0 Å². The van der Waals surface area contributed by atoms with Crippen molar-refractivity contribution in [1.82, 2.24) is 5.43 Å². The normalized spacial score (nSPS) is 21.4. The summed E-state index contributed by atoms with van der Waals surface area (Å²) in [5, 5.41) is 7.31. The van der Waals surface area contributed by atoms with E-state index in [9.17, 15) is 9.59 Å². The highest BCUT2D eigenvalue weighted by Gasteiger charge is 2.21. The van der Waals surface area contributed by atoms with Gasteiger partial charge in [-0.15, -0.1) is 0 Å². The van der Waals surface area contributed by atoms with Crippen molar-refractivity contribution in [2.45, 2.75) is 58.8 Å². The molecule has 0 bridgehead atoms. The van der Waals surface area contributed by atoms with Gasteiger partial charge in [-0.25, -0.2) is 5.43 Å². The predicted octanol–water partition coefficient (Wildman–Crippen LogP) is 5.22. The Morgan fingerprint density at radius 1 is 1.07 bits per heavy atom. The van der Waals surface area contributed by atoms with Crippen molar-refractivity contribution in [3.63, 3.8) is 0 Å². The molecule has 1 aromatic carbocycles. The van der Waals surface area contributed by atoms with Gasteiger partial charge in [0.05, 0.1) is 5.71 Å². The molecule has 2 amide bonds. The van der Waals surface area contributed by atoms with E-state index < -0.39 is 0 Å². The standard InChI is InChI=1S/C24H31N3O2/c1-16(2)20-10-9-17(3)22(15-20)26-27-24(29)19-11-13-21(14-12-19)25-23(28)18-7-5-4-6-8-18/h9,11-14,18,20H,1,4-8,10,15H2,2-3H3,(H,25,28)(H,27,29). The van der Waals surface area contributed by atoms with Crippen LogP contribution in [-0.4, -0.2) is 17.5 Å². The van der Waals surface area contributed by atoms with Crippen molar-refractivity contribution in [3.8, 4) is 0 Å². The topological polar surface area (TPSA) is 70.6 Å². The first-order valence-electron chi connectivity index (χ1n) is 10.5. The van der Waals surface area contributed by atoms with E-state index in [1.54, 1.807) is 24.3 Å². The Balaban J connectivity index is 1.57. The molecule has 2 aliphatic rings.